The summed E-state index contributed by atoms with van der Waals surface area (Å²) in [6.07, 6.45) is 3.34. The third-order valence-corrected chi connectivity index (χ3v) is 4.64. The second kappa shape index (κ2) is 8.48. The van der Waals surface area contributed by atoms with Gasteiger partial charge in [0.05, 0.1) is 11.2 Å². The lowest BCUT2D eigenvalue weighted by Gasteiger charge is -2.20. The van der Waals surface area contributed by atoms with Crippen molar-refractivity contribution in [2.45, 2.75) is 13.5 Å². The number of hydrogen-bond acceptors (Lipinski definition) is 5. The molecule has 2 aromatic carbocycles. The minimum Gasteiger partial charge on any atom is -0.333 e. The van der Waals surface area contributed by atoms with Gasteiger partial charge in [0.1, 0.15) is 5.69 Å². The number of anilines is 2. The molecule has 0 aliphatic carbocycles. The maximum Gasteiger partial charge on any atom is 0.272 e. The van der Waals surface area contributed by atoms with Crippen LogP contribution in [0.25, 0.3) is 10.9 Å². The van der Waals surface area contributed by atoms with Crippen molar-refractivity contribution in [3.8, 4) is 0 Å². The Morgan fingerprint density at radius 3 is 2.59 bits per heavy atom. The van der Waals surface area contributed by atoms with Crippen LogP contribution < -0.4 is 5.32 Å². The summed E-state index contributed by atoms with van der Waals surface area (Å²) in [6, 6.07) is 21.3. The summed E-state index contributed by atoms with van der Waals surface area (Å²) < 4.78 is 0. The first-order chi connectivity index (χ1) is 14.2. The number of nitrogens with zero attached hydrogens (tertiary/aromatic N) is 4. The third kappa shape index (κ3) is 4.21. The lowest BCUT2D eigenvalue weighted by molar-refractivity contribution is 0.0746. The fraction of sp³-hybridized carbons (Fsp3) is 0.130. The molecule has 2 heterocycles. The second-order valence-corrected chi connectivity index (χ2v) is 6.58. The number of nitrogens with one attached hydrogen (secondary N) is 1. The Labute approximate surface area is 169 Å². The van der Waals surface area contributed by atoms with E-state index in [1.165, 1.54) is 0 Å². The van der Waals surface area contributed by atoms with Gasteiger partial charge in [0, 0.05) is 30.9 Å². The summed E-state index contributed by atoms with van der Waals surface area (Å²) in [5.41, 5.74) is 3.06. The maximum atomic E-state index is 13.0. The molecule has 0 unspecified atom stereocenters. The van der Waals surface area contributed by atoms with E-state index in [0.717, 1.165) is 22.2 Å². The van der Waals surface area contributed by atoms with E-state index < -0.39 is 0 Å². The van der Waals surface area contributed by atoms with Crippen LogP contribution in [0.5, 0.6) is 0 Å². The van der Waals surface area contributed by atoms with Crippen molar-refractivity contribution in [1.29, 1.82) is 0 Å². The van der Waals surface area contributed by atoms with E-state index in [9.17, 15) is 4.79 Å². The van der Waals surface area contributed by atoms with Crippen LogP contribution in [0.1, 0.15) is 23.0 Å². The zero-order valence-electron chi connectivity index (χ0n) is 16.1. The lowest BCUT2D eigenvalue weighted by atomic mass is 10.2. The summed E-state index contributed by atoms with van der Waals surface area (Å²) in [5, 5.41) is 4.21. The molecular weight excluding hydrogens is 362 g/mol. The van der Waals surface area contributed by atoms with E-state index in [0.29, 0.717) is 24.7 Å². The van der Waals surface area contributed by atoms with Gasteiger partial charge in [-0.1, -0.05) is 48.5 Å². The molecule has 0 saturated heterocycles. The van der Waals surface area contributed by atoms with Crippen molar-refractivity contribution in [2.24, 2.45) is 0 Å². The number of pyridine rings is 1. The number of carbonyl (C=O) groups excluding carboxylic acids is 1. The van der Waals surface area contributed by atoms with E-state index in [1.807, 2.05) is 67.6 Å². The zero-order valence-corrected chi connectivity index (χ0v) is 16.1. The number of para-hydroxylation sites is 1. The molecule has 4 rings (SSSR count). The smallest absolute Gasteiger partial charge is 0.272 e. The predicted octanol–water partition coefficient (Wildman–Crippen LogP) is 4.43. The molecule has 0 spiro atoms. The molecule has 0 radical (unpaired) electrons. The molecule has 6 heteroatoms. The fourth-order valence-electron chi connectivity index (χ4n) is 3.16. The van der Waals surface area contributed by atoms with Crippen LogP contribution in [0.3, 0.4) is 0 Å². The van der Waals surface area contributed by atoms with Crippen molar-refractivity contribution in [3.05, 3.63) is 90.4 Å². The van der Waals surface area contributed by atoms with Gasteiger partial charge in [-0.25, -0.2) is 9.97 Å². The molecule has 0 aliphatic rings. The van der Waals surface area contributed by atoms with Gasteiger partial charge < -0.3 is 10.2 Å². The highest BCUT2D eigenvalue weighted by atomic mass is 16.2. The summed E-state index contributed by atoms with van der Waals surface area (Å²) in [6.45, 7) is 3.09. The maximum absolute atomic E-state index is 13.0. The van der Waals surface area contributed by atoms with Gasteiger partial charge in [0.25, 0.3) is 5.91 Å². The summed E-state index contributed by atoms with van der Waals surface area (Å²) in [4.78, 5) is 27.9. The Hall–Kier alpha value is -3.80. The summed E-state index contributed by atoms with van der Waals surface area (Å²) in [5.74, 6) is 0.239. The molecule has 144 valence electrons. The van der Waals surface area contributed by atoms with E-state index in [-0.39, 0.29) is 5.91 Å². The van der Waals surface area contributed by atoms with E-state index >= 15 is 0 Å². The Morgan fingerprint density at radius 2 is 1.76 bits per heavy atom. The topological polar surface area (TPSA) is 71.0 Å². The van der Waals surface area contributed by atoms with Crippen LogP contribution in [0.2, 0.25) is 0 Å². The highest BCUT2D eigenvalue weighted by Crippen LogP contribution is 2.23. The normalized spacial score (nSPS) is 10.7. The van der Waals surface area contributed by atoms with Gasteiger partial charge in [0.2, 0.25) is 5.95 Å². The van der Waals surface area contributed by atoms with Gasteiger partial charge in [-0.05, 0) is 30.7 Å². The first-order valence-electron chi connectivity index (χ1n) is 9.51. The Kier molecular flexibility index (Phi) is 5.42. The number of carbonyl (C=O) groups is 1. The molecule has 29 heavy (non-hydrogen) atoms. The molecule has 0 aliphatic heterocycles. The van der Waals surface area contributed by atoms with Crippen molar-refractivity contribution in [2.75, 3.05) is 11.9 Å². The Bertz CT molecular complexity index is 1120. The van der Waals surface area contributed by atoms with E-state index in [1.54, 1.807) is 23.4 Å². The number of benzene rings is 2. The van der Waals surface area contributed by atoms with Crippen LogP contribution in [0, 0.1) is 0 Å². The standard InChI is InChI=1S/C23H21N5O/c1-2-28(16-17-8-4-3-5-9-17)22(29)20-13-15-25-23(27-20)26-19-12-6-10-18-11-7-14-24-21(18)19/h3-15H,2,16H2,1H3,(H,25,26,27). The SMILES string of the molecule is CCN(Cc1ccccc1)C(=O)c1ccnc(Nc2cccc3cccnc23)n1. The molecule has 6 nitrogen and oxygen atoms in total. The van der Waals surface area contributed by atoms with Crippen LogP contribution >= 0.6 is 0 Å². The number of hydrogen-bond donors (Lipinski definition) is 1. The van der Waals surface area contributed by atoms with Gasteiger partial charge in [-0.15, -0.1) is 0 Å². The van der Waals surface area contributed by atoms with Gasteiger partial charge >= 0.3 is 0 Å². The number of aromatic nitrogens is 3. The monoisotopic (exact) mass is 383 g/mol. The zero-order chi connectivity index (χ0) is 20.1. The minimum atomic E-state index is -0.127. The molecular formula is C23H21N5O. The highest BCUT2D eigenvalue weighted by molar-refractivity contribution is 5.93. The Morgan fingerprint density at radius 1 is 0.931 bits per heavy atom. The average Bonchev–Trinajstić information content (AvgIpc) is 2.78. The third-order valence-electron chi connectivity index (χ3n) is 4.64. The quantitative estimate of drug-likeness (QED) is 0.533. The summed E-state index contributed by atoms with van der Waals surface area (Å²) in [7, 11) is 0. The molecule has 0 saturated carbocycles. The van der Waals surface area contributed by atoms with Crippen molar-refractivity contribution in [3.63, 3.8) is 0 Å². The van der Waals surface area contributed by atoms with Gasteiger partial charge in [-0.3, -0.25) is 9.78 Å². The van der Waals surface area contributed by atoms with E-state index in [2.05, 4.69) is 20.3 Å². The minimum absolute atomic E-state index is 0.127. The lowest BCUT2D eigenvalue weighted by Crippen LogP contribution is -2.31. The molecule has 0 atom stereocenters. The van der Waals surface area contributed by atoms with Crippen LogP contribution in [0.4, 0.5) is 11.6 Å². The largest absolute Gasteiger partial charge is 0.333 e. The second-order valence-electron chi connectivity index (χ2n) is 6.58. The predicted molar refractivity (Wildman–Crippen MR) is 114 cm³/mol. The van der Waals surface area contributed by atoms with Crippen molar-refractivity contribution >= 4 is 28.4 Å². The fourth-order valence-corrected chi connectivity index (χ4v) is 3.16. The molecule has 0 fully saturated rings. The Balaban J connectivity index is 1.57. The highest BCUT2D eigenvalue weighted by Gasteiger charge is 2.17. The van der Waals surface area contributed by atoms with Crippen molar-refractivity contribution < 1.29 is 4.79 Å². The molecule has 1 amide bonds. The van der Waals surface area contributed by atoms with Crippen LogP contribution in [-0.2, 0) is 6.54 Å². The van der Waals surface area contributed by atoms with Crippen molar-refractivity contribution in [1.82, 2.24) is 19.9 Å². The molecule has 0 bridgehead atoms. The molecule has 1 N–H and O–H groups in total. The molecule has 2 aromatic heterocycles. The first-order valence-corrected chi connectivity index (χ1v) is 9.51. The average molecular weight is 383 g/mol. The van der Waals surface area contributed by atoms with Crippen LogP contribution in [0.15, 0.2) is 79.1 Å². The number of rotatable bonds is 6. The molecule has 4 aromatic rings. The first kappa shape index (κ1) is 18.6. The van der Waals surface area contributed by atoms with Crippen LogP contribution in [-0.4, -0.2) is 32.3 Å². The summed E-state index contributed by atoms with van der Waals surface area (Å²) >= 11 is 0. The number of fused-ring (bicyclic) bond motifs is 1. The van der Waals surface area contributed by atoms with Gasteiger partial charge in [-0.2, -0.15) is 0 Å². The van der Waals surface area contributed by atoms with E-state index in [4.69, 9.17) is 0 Å². The number of amides is 1. The van der Waals surface area contributed by atoms with Gasteiger partial charge in [0.15, 0.2) is 0 Å².